The van der Waals surface area contributed by atoms with Crippen molar-refractivity contribution in [3.8, 4) is 33.8 Å². The predicted molar refractivity (Wildman–Crippen MR) is 135 cm³/mol. The third-order valence-corrected chi connectivity index (χ3v) is 6.86. The van der Waals surface area contributed by atoms with Crippen molar-refractivity contribution < 1.29 is 19.7 Å². The van der Waals surface area contributed by atoms with Crippen LogP contribution in [0.5, 0.6) is 11.5 Å². The van der Waals surface area contributed by atoms with Crippen molar-refractivity contribution in [2.75, 3.05) is 12.4 Å². The number of carbonyl (C=O) groups excluding carboxylic acids is 1. The van der Waals surface area contributed by atoms with Crippen molar-refractivity contribution in [1.82, 2.24) is 4.37 Å². The van der Waals surface area contributed by atoms with Crippen molar-refractivity contribution in [3.05, 3.63) is 81.8 Å². The number of benzene rings is 3. The molecular formula is C26H19ClN2O4S. The van der Waals surface area contributed by atoms with Crippen LogP contribution in [-0.2, 0) is 4.79 Å². The van der Waals surface area contributed by atoms with E-state index < -0.39 is 5.91 Å². The van der Waals surface area contributed by atoms with Crippen LogP contribution in [0.25, 0.3) is 33.6 Å². The van der Waals surface area contributed by atoms with Gasteiger partial charge in [-0.1, -0.05) is 41.9 Å². The number of aryl methyl sites for hydroxylation is 1. The molecule has 1 aromatic heterocycles. The number of carbonyl (C=O) groups is 1. The lowest BCUT2D eigenvalue weighted by atomic mass is 9.95. The van der Waals surface area contributed by atoms with E-state index in [1.807, 2.05) is 43.3 Å². The minimum atomic E-state index is -0.430. The van der Waals surface area contributed by atoms with Gasteiger partial charge in [-0.15, -0.1) is 0 Å². The summed E-state index contributed by atoms with van der Waals surface area (Å²) in [5.41, 5.74) is 4.45. The average molecular weight is 491 g/mol. The number of aliphatic hydroxyl groups is 1. The Morgan fingerprint density at radius 2 is 1.76 bits per heavy atom. The maximum Gasteiger partial charge on any atom is 0.260 e. The van der Waals surface area contributed by atoms with Gasteiger partial charge in [0, 0.05) is 22.3 Å². The molecule has 0 aliphatic carbocycles. The minimum Gasteiger partial charge on any atom is -0.506 e. The molecule has 170 valence electrons. The summed E-state index contributed by atoms with van der Waals surface area (Å²) in [6.07, 6.45) is 0. The van der Waals surface area contributed by atoms with Gasteiger partial charge in [0.05, 0.1) is 34.0 Å². The van der Waals surface area contributed by atoms with E-state index in [-0.39, 0.29) is 22.8 Å². The normalized spacial score (nSPS) is 14.0. The van der Waals surface area contributed by atoms with Gasteiger partial charge < -0.3 is 20.3 Å². The lowest BCUT2D eigenvalue weighted by molar-refractivity contribution is -0.110. The van der Waals surface area contributed by atoms with Crippen molar-refractivity contribution >= 4 is 46.1 Å². The molecule has 4 aromatic rings. The molecule has 0 saturated carbocycles. The first-order chi connectivity index (χ1) is 16.4. The highest BCUT2D eigenvalue weighted by molar-refractivity contribution is 7.07. The molecule has 34 heavy (non-hydrogen) atoms. The highest BCUT2D eigenvalue weighted by Gasteiger charge is 2.31. The number of ether oxygens (including phenoxy) is 1. The molecule has 6 nitrogen and oxygen atoms in total. The summed E-state index contributed by atoms with van der Waals surface area (Å²) in [4.78, 5) is 13.2. The van der Waals surface area contributed by atoms with E-state index in [0.29, 0.717) is 37.8 Å². The SMILES string of the molecule is COc1c(-c2cc3c(cc2Cl)NC(=O)C3=C(O)c2cc(C)ns2)ccc(-c2ccccc2)c1O. The number of hydrogen-bond acceptors (Lipinski definition) is 6. The van der Waals surface area contributed by atoms with Crippen LogP contribution in [0.15, 0.2) is 60.7 Å². The molecular weight excluding hydrogens is 472 g/mol. The Bertz CT molecular complexity index is 1480. The summed E-state index contributed by atoms with van der Waals surface area (Å²) >= 11 is 7.72. The topological polar surface area (TPSA) is 91.7 Å². The largest absolute Gasteiger partial charge is 0.506 e. The van der Waals surface area contributed by atoms with E-state index in [0.717, 1.165) is 22.8 Å². The standard InChI is InChI=1S/C26H19ClN2O4S/c1-13-10-21(34-29-13)24(31)22-18-11-17(19(27)12-20(18)28-26(22)32)16-9-8-15(23(30)25(16)33-2)14-6-4-3-5-7-14/h3-12,30-31H,1-2H3,(H,28,32). The highest BCUT2D eigenvalue weighted by atomic mass is 35.5. The van der Waals surface area contributed by atoms with Crippen molar-refractivity contribution in [1.29, 1.82) is 0 Å². The smallest absolute Gasteiger partial charge is 0.260 e. The Hall–Kier alpha value is -3.81. The fourth-order valence-electron chi connectivity index (χ4n) is 4.07. The van der Waals surface area contributed by atoms with Crippen LogP contribution in [0.3, 0.4) is 0 Å². The van der Waals surface area contributed by atoms with Crippen molar-refractivity contribution in [2.24, 2.45) is 0 Å². The Labute approximate surface area is 204 Å². The van der Waals surface area contributed by atoms with Crippen LogP contribution in [0.2, 0.25) is 5.02 Å². The van der Waals surface area contributed by atoms with Gasteiger partial charge in [0.25, 0.3) is 5.91 Å². The fraction of sp³-hybridized carbons (Fsp3) is 0.0769. The Morgan fingerprint density at radius 1 is 1.03 bits per heavy atom. The third-order valence-electron chi connectivity index (χ3n) is 5.66. The molecule has 3 aromatic carbocycles. The molecule has 0 radical (unpaired) electrons. The summed E-state index contributed by atoms with van der Waals surface area (Å²) in [5, 5.41) is 25.0. The van der Waals surface area contributed by atoms with E-state index in [4.69, 9.17) is 16.3 Å². The zero-order valence-corrected chi connectivity index (χ0v) is 19.8. The lowest BCUT2D eigenvalue weighted by Gasteiger charge is -2.16. The monoisotopic (exact) mass is 490 g/mol. The Balaban J connectivity index is 1.68. The van der Waals surface area contributed by atoms with Gasteiger partial charge in [-0.05, 0) is 54.4 Å². The number of amides is 1. The minimum absolute atomic E-state index is 0.0179. The number of phenolic OH excluding ortho intramolecular Hbond substituents is 1. The number of phenols is 1. The van der Waals surface area contributed by atoms with E-state index >= 15 is 0 Å². The van der Waals surface area contributed by atoms with Crippen LogP contribution < -0.4 is 10.1 Å². The molecule has 0 bridgehead atoms. The van der Waals surface area contributed by atoms with Crippen molar-refractivity contribution in [2.45, 2.75) is 6.92 Å². The van der Waals surface area contributed by atoms with Gasteiger partial charge in [-0.25, -0.2) is 0 Å². The van der Waals surface area contributed by atoms with E-state index in [1.165, 1.54) is 7.11 Å². The molecule has 1 aliphatic heterocycles. The van der Waals surface area contributed by atoms with Gasteiger partial charge in [-0.3, -0.25) is 4.79 Å². The average Bonchev–Trinajstić information content (AvgIpc) is 3.40. The van der Waals surface area contributed by atoms with Gasteiger partial charge >= 0.3 is 0 Å². The van der Waals surface area contributed by atoms with Crippen molar-refractivity contribution in [3.63, 3.8) is 0 Å². The first-order valence-corrected chi connectivity index (χ1v) is 11.5. The molecule has 5 rings (SSSR count). The zero-order chi connectivity index (χ0) is 24.0. The van der Waals surface area contributed by atoms with Crippen LogP contribution in [0.4, 0.5) is 5.69 Å². The molecule has 1 amide bonds. The number of anilines is 1. The summed E-state index contributed by atoms with van der Waals surface area (Å²) in [6, 6.07) is 18.2. The second-order valence-corrected chi connectivity index (χ2v) is 9.01. The van der Waals surface area contributed by atoms with Crippen LogP contribution in [-0.4, -0.2) is 27.6 Å². The molecule has 0 spiro atoms. The summed E-state index contributed by atoms with van der Waals surface area (Å²) in [5.74, 6) is -0.339. The molecule has 0 atom stereocenters. The zero-order valence-electron chi connectivity index (χ0n) is 18.2. The molecule has 1 aliphatic rings. The molecule has 2 heterocycles. The number of hydrogen-bond donors (Lipinski definition) is 3. The Morgan fingerprint density at radius 3 is 2.44 bits per heavy atom. The lowest BCUT2D eigenvalue weighted by Crippen LogP contribution is -2.05. The number of fused-ring (bicyclic) bond motifs is 1. The first-order valence-electron chi connectivity index (χ1n) is 10.4. The number of rotatable bonds is 4. The number of aromatic nitrogens is 1. The molecule has 0 unspecified atom stereocenters. The van der Waals surface area contributed by atoms with E-state index in [1.54, 1.807) is 24.3 Å². The number of methoxy groups -OCH3 is 1. The summed E-state index contributed by atoms with van der Waals surface area (Å²) in [7, 11) is 1.48. The van der Waals surface area contributed by atoms with E-state index in [2.05, 4.69) is 9.69 Å². The number of nitrogens with zero attached hydrogens (tertiary/aromatic N) is 1. The van der Waals surface area contributed by atoms with Crippen LogP contribution >= 0.6 is 23.1 Å². The first kappa shape index (κ1) is 22.0. The summed E-state index contributed by atoms with van der Waals surface area (Å²) < 4.78 is 9.76. The molecule has 8 heteroatoms. The number of aliphatic hydroxyl groups excluding tert-OH is 1. The third kappa shape index (κ3) is 3.59. The maximum atomic E-state index is 12.7. The van der Waals surface area contributed by atoms with Gasteiger partial charge in [0.1, 0.15) is 5.76 Å². The summed E-state index contributed by atoms with van der Waals surface area (Å²) in [6.45, 7) is 1.82. The fourth-order valence-corrected chi connectivity index (χ4v) is 5.04. The number of halogens is 1. The molecule has 0 saturated heterocycles. The quantitative estimate of drug-likeness (QED) is 0.223. The second-order valence-electron chi connectivity index (χ2n) is 7.80. The Kier molecular flexibility index (Phi) is 5.51. The second kappa shape index (κ2) is 8.52. The van der Waals surface area contributed by atoms with Crippen LogP contribution in [0, 0.1) is 6.92 Å². The highest BCUT2D eigenvalue weighted by Crippen LogP contribution is 2.48. The van der Waals surface area contributed by atoms with Gasteiger partial charge in [-0.2, -0.15) is 4.37 Å². The molecule has 3 N–H and O–H groups in total. The van der Waals surface area contributed by atoms with E-state index in [9.17, 15) is 15.0 Å². The predicted octanol–water partition coefficient (Wildman–Crippen LogP) is 6.53. The maximum absolute atomic E-state index is 12.7. The number of nitrogens with one attached hydrogen (secondary N) is 1. The van der Waals surface area contributed by atoms with Crippen LogP contribution in [0.1, 0.15) is 16.1 Å². The van der Waals surface area contributed by atoms with Gasteiger partial charge in [0.15, 0.2) is 11.5 Å². The van der Waals surface area contributed by atoms with Gasteiger partial charge in [0.2, 0.25) is 0 Å². The number of aromatic hydroxyl groups is 1. The molecule has 0 fully saturated rings.